The normalized spacial score (nSPS) is 26.9. The van der Waals surface area contributed by atoms with E-state index in [-0.39, 0.29) is 18.2 Å². The molecule has 4 rings (SSSR count). The number of likely N-dealkylation sites (N-methyl/N-ethyl adjacent to an activating group) is 1. The molecule has 1 heterocycles. The van der Waals surface area contributed by atoms with E-state index in [4.69, 9.17) is 0 Å². The maximum atomic E-state index is 13.2. The molecule has 1 nitrogen and oxygen atoms in total. The molecular weight excluding hydrogens is 297 g/mol. The second-order valence-corrected chi connectivity index (χ2v) is 6.41. The van der Waals surface area contributed by atoms with E-state index in [1.807, 2.05) is 12.1 Å². The number of rotatable bonds is 1. The minimum Gasteiger partial charge on any atom is -0.303 e. The maximum Gasteiger partial charge on any atom is 0.123 e. The zero-order valence-corrected chi connectivity index (χ0v) is 13.5. The Kier molecular flexibility index (Phi) is 4.24. The lowest BCUT2D eigenvalue weighted by Gasteiger charge is -2.37. The highest BCUT2D eigenvalue weighted by Crippen LogP contribution is 2.47. The summed E-state index contributed by atoms with van der Waals surface area (Å²) in [4.78, 5) is 2.50. The van der Waals surface area contributed by atoms with E-state index >= 15 is 0 Å². The fourth-order valence-electron chi connectivity index (χ4n) is 4.26. The first-order valence-electron chi connectivity index (χ1n) is 7.78. The number of hydrogen-bond acceptors (Lipinski definition) is 1. The molecule has 2 aromatic rings. The van der Waals surface area contributed by atoms with Crippen LogP contribution in [0.2, 0.25) is 0 Å². The van der Waals surface area contributed by atoms with Crippen molar-refractivity contribution in [3.63, 3.8) is 0 Å². The fourth-order valence-corrected chi connectivity index (χ4v) is 4.26. The van der Waals surface area contributed by atoms with E-state index in [1.165, 1.54) is 29.7 Å². The standard InChI is InChI=1S/C19H20FN.ClH/c1-21-11-10-17-15-4-2-3-5-16(15)18(12-19(17)21)13-6-8-14(20)9-7-13;/h2-9,17-19H,10-12H2,1H3;1H/t17-,18-,19-;/m1./s1. The van der Waals surface area contributed by atoms with Crippen LogP contribution < -0.4 is 0 Å². The predicted molar refractivity (Wildman–Crippen MR) is 90.3 cm³/mol. The lowest BCUT2D eigenvalue weighted by Crippen LogP contribution is -2.34. The van der Waals surface area contributed by atoms with Gasteiger partial charge in [0.2, 0.25) is 0 Å². The minimum atomic E-state index is -0.154. The van der Waals surface area contributed by atoms with Gasteiger partial charge in [0.15, 0.2) is 0 Å². The first-order valence-corrected chi connectivity index (χ1v) is 7.78. The molecule has 0 N–H and O–H groups in total. The summed E-state index contributed by atoms with van der Waals surface area (Å²) in [5.41, 5.74) is 4.19. The van der Waals surface area contributed by atoms with Crippen LogP contribution in [0.5, 0.6) is 0 Å². The van der Waals surface area contributed by atoms with Gasteiger partial charge in [-0.05, 0) is 55.3 Å². The van der Waals surface area contributed by atoms with Crippen molar-refractivity contribution < 1.29 is 4.39 Å². The van der Waals surface area contributed by atoms with Crippen LogP contribution in [0.3, 0.4) is 0 Å². The summed E-state index contributed by atoms with van der Waals surface area (Å²) in [6.45, 7) is 1.18. The molecule has 1 fully saturated rings. The SMILES string of the molecule is CN1CC[C@@H]2c3ccccc3[C@@H](c3ccc(F)cc3)C[C@H]21.Cl. The summed E-state index contributed by atoms with van der Waals surface area (Å²) in [6, 6.07) is 16.5. The summed E-state index contributed by atoms with van der Waals surface area (Å²) in [6.07, 6.45) is 2.40. The van der Waals surface area contributed by atoms with Crippen LogP contribution in [0.4, 0.5) is 4.39 Å². The van der Waals surface area contributed by atoms with Crippen molar-refractivity contribution in [1.82, 2.24) is 4.90 Å². The topological polar surface area (TPSA) is 3.24 Å². The number of benzene rings is 2. The Morgan fingerprint density at radius 1 is 1.00 bits per heavy atom. The summed E-state index contributed by atoms with van der Waals surface area (Å²) >= 11 is 0. The third kappa shape index (κ3) is 2.45. The van der Waals surface area contributed by atoms with Gasteiger partial charge in [0.05, 0.1) is 0 Å². The third-order valence-electron chi connectivity index (χ3n) is 5.34. The van der Waals surface area contributed by atoms with E-state index in [0.29, 0.717) is 17.9 Å². The van der Waals surface area contributed by atoms with Gasteiger partial charge in [-0.15, -0.1) is 12.4 Å². The Morgan fingerprint density at radius 3 is 2.41 bits per heavy atom. The lowest BCUT2D eigenvalue weighted by atomic mass is 9.71. The van der Waals surface area contributed by atoms with Gasteiger partial charge in [0.1, 0.15) is 5.82 Å². The van der Waals surface area contributed by atoms with E-state index in [0.717, 1.165) is 6.42 Å². The highest BCUT2D eigenvalue weighted by Gasteiger charge is 2.40. The first kappa shape index (κ1) is 15.5. The number of hydrogen-bond donors (Lipinski definition) is 0. The van der Waals surface area contributed by atoms with Crippen molar-refractivity contribution in [3.05, 3.63) is 71.0 Å². The molecule has 22 heavy (non-hydrogen) atoms. The summed E-state index contributed by atoms with van der Waals surface area (Å²) in [5.74, 6) is 0.908. The van der Waals surface area contributed by atoms with Gasteiger partial charge >= 0.3 is 0 Å². The van der Waals surface area contributed by atoms with Crippen LogP contribution in [-0.2, 0) is 0 Å². The Bertz CT molecular complexity index is 655. The second kappa shape index (κ2) is 6.02. The van der Waals surface area contributed by atoms with Crippen molar-refractivity contribution in [3.8, 4) is 0 Å². The number of halogens is 2. The highest BCUT2D eigenvalue weighted by molar-refractivity contribution is 5.85. The van der Waals surface area contributed by atoms with Gasteiger partial charge in [-0.2, -0.15) is 0 Å². The largest absolute Gasteiger partial charge is 0.303 e. The molecule has 1 aliphatic heterocycles. The van der Waals surface area contributed by atoms with Gasteiger partial charge in [-0.3, -0.25) is 0 Å². The molecule has 1 saturated heterocycles. The second-order valence-electron chi connectivity index (χ2n) is 6.41. The van der Waals surface area contributed by atoms with Crippen LogP contribution in [0, 0.1) is 5.82 Å². The molecule has 3 atom stereocenters. The predicted octanol–water partition coefficient (Wildman–Crippen LogP) is 4.57. The summed E-state index contributed by atoms with van der Waals surface area (Å²) < 4.78 is 13.2. The molecule has 0 aromatic heterocycles. The Morgan fingerprint density at radius 2 is 1.68 bits per heavy atom. The Hall–Kier alpha value is -1.38. The zero-order chi connectivity index (χ0) is 14.4. The molecule has 2 aromatic carbocycles. The quantitative estimate of drug-likeness (QED) is 0.744. The average molecular weight is 318 g/mol. The summed E-state index contributed by atoms with van der Waals surface area (Å²) in [5, 5.41) is 0. The fraction of sp³-hybridized carbons (Fsp3) is 0.368. The van der Waals surface area contributed by atoms with Crippen LogP contribution >= 0.6 is 12.4 Å². The number of fused-ring (bicyclic) bond motifs is 3. The van der Waals surface area contributed by atoms with Crippen LogP contribution in [-0.4, -0.2) is 24.5 Å². The lowest BCUT2D eigenvalue weighted by molar-refractivity contribution is 0.265. The Balaban J connectivity index is 0.00000144. The molecular formula is C19H21ClFN. The smallest absolute Gasteiger partial charge is 0.123 e. The molecule has 3 heteroatoms. The minimum absolute atomic E-state index is 0. The first-order chi connectivity index (χ1) is 10.2. The molecule has 0 amide bonds. The summed E-state index contributed by atoms with van der Waals surface area (Å²) in [7, 11) is 2.24. The van der Waals surface area contributed by atoms with Gasteiger partial charge in [-0.25, -0.2) is 4.39 Å². The van der Waals surface area contributed by atoms with Crippen molar-refractivity contribution in [2.45, 2.75) is 30.7 Å². The van der Waals surface area contributed by atoms with Crippen molar-refractivity contribution >= 4 is 12.4 Å². The monoisotopic (exact) mass is 317 g/mol. The molecule has 0 spiro atoms. The van der Waals surface area contributed by atoms with E-state index < -0.39 is 0 Å². The van der Waals surface area contributed by atoms with Crippen molar-refractivity contribution in [1.29, 1.82) is 0 Å². The van der Waals surface area contributed by atoms with E-state index in [9.17, 15) is 4.39 Å². The number of likely N-dealkylation sites (tertiary alicyclic amines) is 1. The van der Waals surface area contributed by atoms with E-state index in [1.54, 1.807) is 12.1 Å². The molecule has 0 bridgehead atoms. The molecule has 2 aliphatic rings. The molecule has 0 radical (unpaired) electrons. The van der Waals surface area contributed by atoms with Gasteiger partial charge in [-0.1, -0.05) is 36.4 Å². The zero-order valence-electron chi connectivity index (χ0n) is 12.7. The van der Waals surface area contributed by atoms with Crippen molar-refractivity contribution in [2.75, 3.05) is 13.6 Å². The maximum absolute atomic E-state index is 13.2. The van der Waals surface area contributed by atoms with Crippen LogP contribution in [0.15, 0.2) is 48.5 Å². The molecule has 1 aliphatic carbocycles. The van der Waals surface area contributed by atoms with Crippen molar-refractivity contribution in [2.24, 2.45) is 0 Å². The Labute approximate surface area is 137 Å². The highest BCUT2D eigenvalue weighted by atomic mass is 35.5. The van der Waals surface area contributed by atoms with Crippen LogP contribution in [0.25, 0.3) is 0 Å². The van der Waals surface area contributed by atoms with Gasteiger partial charge in [0.25, 0.3) is 0 Å². The molecule has 0 saturated carbocycles. The molecule has 116 valence electrons. The van der Waals surface area contributed by atoms with Crippen LogP contribution in [0.1, 0.15) is 41.4 Å². The van der Waals surface area contributed by atoms with Gasteiger partial charge < -0.3 is 4.90 Å². The van der Waals surface area contributed by atoms with E-state index in [2.05, 4.69) is 36.2 Å². The third-order valence-corrected chi connectivity index (χ3v) is 5.34. The molecule has 0 unspecified atom stereocenters. The number of nitrogens with zero attached hydrogens (tertiary/aromatic N) is 1. The average Bonchev–Trinajstić information content (AvgIpc) is 2.89. The van der Waals surface area contributed by atoms with Gasteiger partial charge in [0, 0.05) is 17.9 Å².